The van der Waals surface area contributed by atoms with Crippen LogP contribution in [0.1, 0.15) is 37.7 Å². The predicted octanol–water partition coefficient (Wildman–Crippen LogP) is 1.32. The van der Waals surface area contributed by atoms with Crippen LogP contribution in [-0.2, 0) is 23.1 Å². The minimum atomic E-state index is -0.248. The number of ether oxygens (including phenoxy) is 1. The number of amides is 1. The van der Waals surface area contributed by atoms with Crippen molar-refractivity contribution in [1.82, 2.24) is 20.0 Å². The Hall–Kier alpha value is -1.40. The number of hydrogen-bond donors (Lipinski definition) is 1. The molecule has 24 heavy (non-hydrogen) atoms. The topological polar surface area (TPSA) is 59.4 Å². The maximum Gasteiger partial charge on any atom is 0.249 e. The summed E-state index contributed by atoms with van der Waals surface area (Å²) in [5.74, 6) is 0.817. The standard InChI is InChI=1S/C18H28N4O2/c1-21-10-15(9-20-21)11-22-6-2-5-18(12-22)7-16(24-13-18)17(23)19-8-14-3-4-14/h9-10,14,16H,2-8,11-13H2,1H3,(H,19,23)/t16-,18+/m1/s1. The SMILES string of the molecule is Cn1cc(CN2CCC[C@@]3(CO[C@@H](C(=O)NCC4CC4)C3)C2)cn1. The van der Waals surface area contributed by atoms with Gasteiger partial charge in [0.05, 0.1) is 12.8 Å². The Balaban J connectivity index is 1.32. The molecule has 1 amide bonds. The van der Waals surface area contributed by atoms with Crippen LogP contribution in [0.25, 0.3) is 0 Å². The van der Waals surface area contributed by atoms with E-state index in [2.05, 4.69) is 21.5 Å². The van der Waals surface area contributed by atoms with E-state index in [0.29, 0.717) is 5.92 Å². The van der Waals surface area contributed by atoms with Gasteiger partial charge in [-0.25, -0.2) is 0 Å². The Kier molecular flexibility index (Phi) is 4.35. The second kappa shape index (κ2) is 6.48. The monoisotopic (exact) mass is 332 g/mol. The van der Waals surface area contributed by atoms with Crippen LogP contribution in [-0.4, -0.2) is 52.9 Å². The summed E-state index contributed by atoms with van der Waals surface area (Å²) in [5.41, 5.74) is 1.41. The van der Waals surface area contributed by atoms with Gasteiger partial charge in [-0.2, -0.15) is 5.10 Å². The molecule has 2 saturated heterocycles. The van der Waals surface area contributed by atoms with Crippen LogP contribution in [0.15, 0.2) is 12.4 Å². The predicted molar refractivity (Wildman–Crippen MR) is 90.2 cm³/mol. The lowest BCUT2D eigenvalue weighted by molar-refractivity contribution is -0.130. The lowest BCUT2D eigenvalue weighted by Crippen LogP contribution is -2.44. The van der Waals surface area contributed by atoms with Crippen LogP contribution in [0.3, 0.4) is 0 Å². The van der Waals surface area contributed by atoms with Crippen molar-refractivity contribution in [2.75, 3.05) is 26.2 Å². The largest absolute Gasteiger partial charge is 0.368 e. The van der Waals surface area contributed by atoms with E-state index in [0.717, 1.165) is 39.2 Å². The van der Waals surface area contributed by atoms with E-state index in [-0.39, 0.29) is 17.4 Å². The number of likely N-dealkylation sites (tertiary alicyclic amines) is 1. The summed E-state index contributed by atoms with van der Waals surface area (Å²) < 4.78 is 7.76. The number of nitrogens with one attached hydrogen (secondary N) is 1. The zero-order valence-corrected chi connectivity index (χ0v) is 14.5. The molecule has 2 aliphatic heterocycles. The van der Waals surface area contributed by atoms with Crippen LogP contribution in [0.2, 0.25) is 0 Å². The molecular weight excluding hydrogens is 304 g/mol. The van der Waals surface area contributed by atoms with Gasteiger partial charge >= 0.3 is 0 Å². The van der Waals surface area contributed by atoms with E-state index in [4.69, 9.17) is 4.74 Å². The highest BCUT2D eigenvalue weighted by Crippen LogP contribution is 2.41. The fourth-order valence-electron chi connectivity index (χ4n) is 4.18. The molecule has 2 atom stereocenters. The van der Waals surface area contributed by atoms with Crippen molar-refractivity contribution >= 4 is 5.91 Å². The normalized spacial score (nSPS) is 30.8. The smallest absolute Gasteiger partial charge is 0.249 e. The number of carbonyl (C=O) groups excluding carboxylic acids is 1. The average Bonchev–Trinajstić information content (AvgIpc) is 3.19. The van der Waals surface area contributed by atoms with E-state index in [9.17, 15) is 4.79 Å². The molecule has 0 bridgehead atoms. The van der Waals surface area contributed by atoms with Crippen molar-refractivity contribution in [3.63, 3.8) is 0 Å². The molecule has 1 aromatic heterocycles. The molecule has 3 fully saturated rings. The first-order valence-electron chi connectivity index (χ1n) is 9.21. The Morgan fingerprint density at radius 3 is 3.12 bits per heavy atom. The van der Waals surface area contributed by atoms with Crippen LogP contribution < -0.4 is 5.32 Å². The highest BCUT2D eigenvalue weighted by molar-refractivity contribution is 5.81. The Morgan fingerprint density at radius 1 is 1.50 bits per heavy atom. The molecule has 1 N–H and O–H groups in total. The lowest BCUT2D eigenvalue weighted by atomic mass is 9.78. The maximum atomic E-state index is 12.3. The van der Waals surface area contributed by atoms with Crippen molar-refractivity contribution in [2.45, 2.75) is 44.8 Å². The zero-order valence-electron chi connectivity index (χ0n) is 14.5. The molecule has 0 unspecified atom stereocenters. The lowest BCUT2D eigenvalue weighted by Gasteiger charge is -2.39. The number of aromatic nitrogens is 2. The minimum absolute atomic E-state index is 0.100. The fraction of sp³-hybridized carbons (Fsp3) is 0.778. The molecule has 132 valence electrons. The summed E-state index contributed by atoms with van der Waals surface area (Å²) in [6, 6.07) is 0. The third-order valence-electron chi connectivity index (χ3n) is 5.67. The van der Waals surface area contributed by atoms with Crippen LogP contribution >= 0.6 is 0 Å². The molecule has 1 spiro atoms. The van der Waals surface area contributed by atoms with Crippen molar-refractivity contribution < 1.29 is 9.53 Å². The van der Waals surface area contributed by atoms with Gasteiger partial charge in [0, 0.05) is 43.9 Å². The molecular formula is C18H28N4O2. The molecule has 3 heterocycles. The first-order chi connectivity index (χ1) is 11.6. The number of carbonyl (C=O) groups is 1. The van der Waals surface area contributed by atoms with E-state index in [1.165, 1.54) is 31.2 Å². The molecule has 3 aliphatic rings. The summed E-state index contributed by atoms with van der Waals surface area (Å²) in [6.07, 6.45) is 9.52. The molecule has 1 aliphatic carbocycles. The number of piperidine rings is 1. The van der Waals surface area contributed by atoms with Gasteiger partial charge in [0.2, 0.25) is 5.91 Å². The van der Waals surface area contributed by atoms with E-state index in [1.807, 2.05) is 17.9 Å². The van der Waals surface area contributed by atoms with Gasteiger partial charge in [-0.05, 0) is 44.6 Å². The highest BCUT2D eigenvalue weighted by atomic mass is 16.5. The Morgan fingerprint density at radius 2 is 2.38 bits per heavy atom. The minimum Gasteiger partial charge on any atom is -0.368 e. The summed E-state index contributed by atoms with van der Waals surface area (Å²) >= 11 is 0. The Labute approximate surface area is 143 Å². The highest BCUT2D eigenvalue weighted by Gasteiger charge is 2.45. The molecule has 6 nitrogen and oxygen atoms in total. The van der Waals surface area contributed by atoms with Crippen molar-refractivity contribution in [1.29, 1.82) is 0 Å². The molecule has 4 rings (SSSR count). The van der Waals surface area contributed by atoms with Crippen molar-refractivity contribution in [3.8, 4) is 0 Å². The van der Waals surface area contributed by atoms with Gasteiger partial charge in [0.25, 0.3) is 0 Å². The van der Waals surface area contributed by atoms with Gasteiger partial charge in [-0.15, -0.1) is 0 Å². The zero-order chi connectivity index (χ0) is 16.6. The quantitative estimate of drug-likeness (QED) is 0.883. The van der Waals surface area contributed by atoms with Crippen LogP contribution in [0.5, 0.6) is 0 Å². The number of rotatable bonds is 5. The second-order valence-corrected chi connectivity index (χ2v) is 8.03. The number of aryl methyl sites for hydroxylation is 1. The first-order valence-corrected chi connectivity index (χ1v) is 9.21. The third kappa shape index (κ3) is 3.64. The number of nitrogens with zero attached hydrogens (tertiary/aromatic N) is 3. The van der Waals surface area contributed by atoms with Gasteiger partial charge in [-0.1, -0.05) is 0 Å². The summed E-state index contributed by atoms with van der Waals surface area (Å²) in [6.45, 7) is 4.63. The number of hydrogen-bond acceptors (Lipinski definition) is 4. The fourth-order valence-corrected chi connectivity index (χ4v) is 4.18. The van der Waals surface area contributed by atoms with E-state index < -0.39 is 0 Å². The molecule has 1 aromatic rings. The van der Waals surface area contributed by atoms with Crippen molar-refractivity contribution in [2.24, 2.45) is 18.4 Å². The Bertz CT molecular complexity index is 598. The average molecular weight is 332 g/mol. The summed E-state index contributed by atoms with van der Waals surface area (Å²) in [4.78, 5) is 14.8. The van der Waals surface area contributed by atoms with Gasteiger partial charge in [-0.3, -0.25) is 14.4 Å². The second-order valence-electron chi connectivity index (χ2n) is 8.03. The molecule has 6 heteroatoms. The summed E-state index contributed by atoms with van der Waals surface area (Å²) in [7, 11) is 1.96. The van der Waals surface area contributed by atoms with Crippen LogP contribution in [0, 0.1) is 11.3 Å². The van der Waals surface area contributed by atoms with Gasteiger partial charge in [0.1, 0.15) is 6.10 Å². The summed E-state index contributed by atoms with van der Waals surface area (Å²) in [5, 5.41) is 7.33. The van der Waals surface area contributed by atoms with Gasteiger partial charge in [0.15, 0.2) is 0 Å². The maximum absolute atomic E-state index is 12.3. The first kappa shape index (κ1) is 16.1. The molecule has 0 radical (unpaired) electrons. The van der Waals surface area contributed by atoms with Crippen LogP contribution in [0.4, 0.5) is 0 Å². The molecule has 1 saturated carbocycles. The van der Waals surface area contributed by atoms with Crippen molar-refractivity contribution in [3.05, 3.63) is 18.0 Å². The van der Waals surface area contributed by atoms with Gasteiger partial charge < -0.3 is 10.1 Å². The van der Waals surface area contributed by atoms with E-state index >= 15 is 0 Å². The third-order valence-corrected chi connectivity index (χ3v) is 5.67. The molecule has 0 aromatic carbocycles. The van der Waals surface area contributed by atoms with E-state index in [1.54, 1.807) is 0 Å².